The number of rotatable bonds is 2. The minimum Gasteiger partial charge on any atom is -0.490 e. The van der Waals surface area contributed by atoms with E-state index in [0.29, 0.717) is 6.10 Å². The Morgan fingerprint density at radius 1 is 1.22 bits per heavy atom. The standard InChI is InChI=1S/C16H22O2/c1-11-3-2-4-13(9-11)18-14-6-7-15-12(10-14)5-8-16(15)17/h6-7,10-11,13,16-17H,2-5,8-9H2,1H3/t11?,13?,16-/m0/s1. The van der Waals surface area contributed by atoms with E-state index in [-0.39, 0.29) is 6.10 Å². The van der Waals surface area contributed by atoms with E-state index in [1.807, 2.05) is 12.1 Å². The van der Waals surface area contributed by atoms with E-state index in [1.54, 1.807) is 0 Å². The molecule has 2 nitrogen and oxygen atoms in total. The third-order valence-electron chi connectivity index (χ3n) is 4.35. The zero-order valence-corrected chi connectivity index (χ0v) is 11.1. The largest absolute Gasteiger partial charge is 0.490 e. The summed E-state index contributed by atoms with van der Waals surface area (Å²) in [6.07, 6.45) is 6.96. The summed E-state index contributed by atoms with van der Waals surface area (Å²) in [5, 5.41) is 9.79. The van der Waals surface area contributed by atoms with Gasteiger partial charge in [0.05, 0.1) is 12.2 Å². The first-order valence-electron chi connectivity index (χ1n) is 7.20. The predicted molar refractivity (Wildman–Crippen MR) is 71.8 cm³/mol. The molecule has 2 aliphatic carbocycles. The van der Waals surface area contributed by atoms with Gasteiger partial charge in [-0.1, -0.05) is 19.4 Å². The normalized spacial score (nSPS) is 31.1. The second-order valence-electron chi connectivity index (χ2n) is 5.93. The summed E-state index contributed by atoms with van der Waals surface area (Å²) < 4.78 is 6.10. The van der Waals surface area contributed by atoms with E-state index >= 15 is 0 Å². The molecule has 1 saturated carbocycles. The summed E-state index contributed by atoms with van der Waals surface area (Å²) in [5.41, 5.74) is 2.36. The minimum absolute atomic E-state index is 0.260. The highest BCUT2D eigenvalue weighted by atomic mass is 16.5. The second kappa shape index (κ2) is 4.93. The van der Waals surface area contributed by atoms with Crippen LogP contribution in [0, 0.1) is 5.92 Å². The van der Waals surface area contributed by atoms with Gasteiger partial charge >= 0.3 is 0 Å². The van der Waals surface area contributed by atoms with Crippen LogP contribution in [0.4, 0.5) is 0 Å². The van der Waals surface area contributed by atoms with E-state index in [1.165, 1.54) is 31.2 Å². The Kier molecular flexibility index (Phi) is 3.29. The van der Waals surface area contributed by atoms with Gasteiger partial charge in [-0.2, -0.15) is 0 Å². The molecule has 0 spiro atoms. The average molecular weight is 246 g/mol. The number of aryl methyl sites for hydroxylation is 1. The fourth-order valence-corrected chi connectivity index (χ4v) is 3.32. The number of fused-ring (bicyclic) bond motifs is 1. The van der Waals surface area contributed by atoms with Crippen molar-refractivity contribution in [2.45, 2.75) is 57.7 Å². The van der Waals surface area contributed by atoms with Crippen molar-refractivity contribution < 1.29 is 9.84 Å². The zero-order chi connectivity index (χ0) is 12.5. The van der Waals surface area contributed by atoms with Crippen LogP contribution in [-0.2, 0) is 6.42 Å². The monoisotopic (exact) mass is 246 g/mol. The minimum atomic E-state index is -0.260. The van der Waals surface area contributed by atoms with Crippen LogP contribution in [0.1, 0.15) is 56.3 Å². The van der Waals surface area contributed by atoms with Crippen molar-refractivity contribution in [2.24, 2.45) is 5.92 Å². The molecule has 0 saturated heterocycles. The van der Waals surface area contributed by atoms with Gasteiger partial charge in [0.2, 0.25) is 0 Å². The number of aliphatic hydroxyl groups excluding tert-OH is 1. The molecule has 1 N–H and O–H groups in total. The molecular weight excluding hydrogens is 224 g/mol. The van der Waals surface area contributed by atoms with Gasteiger partial charge in [0.1, 0.15) is 5.75 Å². The Hall–Kier alpha value is -1.02. The highest BCUT2D eigenvalue weighted by molar-refractivity contribution is 5.39. The van der Waals surface area contributed by atoms with Crippen molar-refractivity contribution in [1.82, 2.24) is 0 Å². The summed E-state index contributed by atoms with van der Waals surface area (Å²) >= 11 is 0. The smallest absolute Gasteiger partial charge is 0.120 e. The molecule has 98 valence electrons. The average Bonchev–Trinajstić information content (AvgIpc) is 2.71. The third-order valence-corrected chi connectivity index (χ3v) is 4.35. The van der Waals surface area contributed by atoms with Crippen LogP contribution in [0.15, 0.2) is 18.2 Å². The number of benzene rings is 1. The number of hydrogen-bond donors (Lipinski definition) is 1. The maximum absolute atomic E-state index is 9.79. The predicted octanol–water partition coefficient (Wildman–Crippen LogP) is 3.62. The molecule has 18 heavy (non-hydrogen) atoms. The van der Waals surface area contributed by atoms with Crippen LogP contribution in [0.25, 0.3) is 0 Å². The Morgan fingerprint density at radius 3 is 2.94 bits per heavy atom. The Labute approximate surface area is 109 Å². The number of hydrogen-bond acceptors (Lipinski definition) is 2. The van der Waals surface area contributed by atoms with Crippen LogP contribution in [-0.4, -0.2) is 11.2 Å². The van der Waals surface area contributed by atoms with Crippen LogP contribution in [0.5, 0.6) is 5.75 Å². The first kappa shape index (κ1) is 12.0. The van der Waals surface area contributed by atoms with Gasteiger partial charge in [-0.15, -0.1) is 0 Å². The summed E-state index contributed by atoms with van der Waals surface area (Å²) in [6.45, 7) is 2.31. The van der Waals surface area contributed by atoms with Gasteiger partial charge in [-0.3, -0.25) is 0 Å². The number of ether oxygens (including phenoxy) is 1. The maximum atomic E-state index is 9.79. The van der Waals surface area contributed by atoms with Crippen molar-refractivity contribution in [1.29, 1.82) is 0 Å². The summed E-state index contributed by atoms with van der Waals surface area (Å²) in [5.74, 6) is 1.78. The van der Waals surface area contributed by atoms with E-state index in [2.05, 4.69) is 13.0 Å². The molecule has 0 radical (unpaired) electrons. The van der Waals surface area contributed by atoms with Gasteiger partial charge in [0, 0.05) is 0 Å². The molecule has 1 aromatic carbocycles. The molecule has 0 aliphatic heterocycles. The van der Waals surface area contributed by atoms with Gasteiger partial charge in [0.15, 0.2) is 0 Å². The molecule has 3 atom stereocenters. The molecule has 2 aliphatic rings. The van der Waals surface area contributed by atoms with Gasteiger partial charge in [-0.05, 0) is 61.3 Å². The van der Waals surface area contributed by atoms with E-state index < -0.39 is 0 Å². The molecule has 1 aromatic rings. The molecule has 3 rings (SSSR count). The molecular formula is C16H22O2. The highest BCUT2D eigenvalue weighted by Crippen LogP contribution is 2.34. The van der Waals surface area contributed by atoms with Crippen LogP contribution in [0.3, 0.4) is 0 Å². The third kappa shape index (κ3) is 2.39. The summed E-state index contributed by atoms with van der Waals surface area (Å²) in [7, 11) is 0. The van der Waals surface area contributed by atoms with Crippen LogP contribution >= 0.6 is 0 Å². The van der Waals surface area contributed by atoms with Crippen LogP contribution in [0.2, 0.25) is 0 Å². The van der Waals surface area contributed by atoms with E-state index in [9.17, 15) is 5.11 Å². The lowest BCUT2D eigenvalue weighted by molar-refractivity contribution is 0.129. The lowest BCUT2D eigenvalue weighted by atomic mass is 9.89. The topological polar surface area (TPSA) is 29.5 Å². The lowest BCUT2D eigenvalue weighted by Crippen LogP contribution is -2.24. The van der Waals surface area contributed by atoms with Crippen molar-refractivity contribution in [3.8, 4) is 5.75 Å². The fraction of sp³-hybridized carbons (Fsp3) is 0.625. The van der Waals surface area contributed by atoms with Crippen molar-refractivity contribution >= 4 is 0 Å². The second-order valence-corrected chi connectivity index (χ2v) is 5.93. The van der Waals surface area contributed by atoms with Gasteiger partial charge < -0.3 is 9.84 Å². The molecule has 0 aromatic heterocycles. The molecule has 0 bridgehead atoms. The van der Waals surface area contributed by atoms with E-state index in [0.717, 1.165) is 30.1 Å². The first-order valence-corrected chi connectivity index (χ1v) is 7.20. The molecule has 2 unspecified atom stereocenters. The van der Waals surface area contributed by atoms with Gasteiger partial charge in [-0.25, -0.2) is 0 Å². The maximum Gasteiger partial charge on any atom is 0.120 e. The SMILES string of the molecule is CC1CCCC(Oc2ccc3c(c2)CC[C@@H]3O)C1. The highest BCUT2D eigenvalue weighted by Gasteiger charge is 2.23. The van der Waals surface area contributed by atoms with Crippen LogP contribution < -0.4 is 4.74 Å². The number of aliphatic hydroxyl groups is 1. The fourth-order valence-electron chi connectivity index (χ4n) is 3.32. The Morgan fingerprint density at radius 2 is 2.11 bits per heavy atom. The molecule has 1 fully saturated rings. The zero-order valence-electron chi connectivity index (χ0n) is 11.1. The Bertz CT molecular complexity index is 427. The summed E-state index contributed by atoms with van der Waals surface area (Å²) in [4.78, 5) is 0. The summed E-state index contributed by atoms with van der Waals surface area (Å²) in [6, 6.07) is 6.19. The van der Waals surface area contributed by atoms with E-state index in [4.69, 9.17) is 4.74 Å². The first-order chi connectivity index (χ1) is 8.72. The van der Waals surface area contributed by atoms with Gasteiger partial charge in [0.25, 0.3) is 0 Å². The lowest BCUT2D eigenvalue weighted by Gasteiger charge is -2.27. The van der Waals surface area contributed by atoms with Crippen molar-refractivity contribution in [2.75, 3.05) is 0 Å². The Balaban J connectivity index is 1.70. The molecule has 0 heterocycles. The van der Waals surface area contributed by atoms with Crippen molar-refractivity contribution in [3.63, 3.8) is 0 Å². The molecule has 2 heteroatoms. The van der Waals surface area contributed by atoms with Crippen molar-refractivity contribution in [3.05, 3.63) is 29.3 Å². The molecule has 0 amide bonds. The quantitative estimate of drug-likeness (QED) is 0.863.